The molecule has 0 bridgehead atoms. The van der Waals surface area contributed by atoms with Gasteiger partial charge in [-0.1, -0.05) is 0 Å². The molecule has 3 heteroatoms. The lowest BCUT2D eigenvalue weighted by molar-refractivity contribution is 0.0950. The molecule has 0 aliphatic heterocycles. The first-order valence-corrected chi connectivity index (χ1v) is 3.21. The summed E-state index contributed by atoms with van der Waals surface area (Å²) in [5.41, 5.74) is 0. The van der Waals surface area contributed by atoms with Gasteiger partial charge in [0.25, 0.3) is 0 Å². The maximum Gasteiger partial charge on any atom is 0.107 e. The van der Waals surface area contributed by atoms with Crippen LogP contribution in [0, 0.1) is 0 Å². The molecule has 0 fully saturated rings. The lowest BCUT2D eigenvalue weighted by Crippen LogP contribution is -2.34. The summed E-state index contributed by atoms with van der Waals surface area (Å²) < 4.78 is 0. The Morgan fingerprint density at radius 3 is 2.33 bits per heavy atom. The monoisotopic (exact) mass is 133 g/mol. The molecule has 9 heavy (non-hydrogen) atoms. The molecule has 56 valence electrons. The predicted octanol–water partition coefficient (Wildman–Crippen LogP) is -0.315. The smallest absolute Gasteiger partial charge is 0.107 e. The molecule has 0 aliphatic rings. The van der Waals surface area contributed by atoms with Crippen molar-refractivity contribution in [2.75, 3.05) is 6.61 Å². The Morgan fingerprint density at radius 2 is 2.00 bits per heavy atom. The second-order valence-electron chi connectivity index (χ2n) is 2.35. The van der Waals surface area contributed by atoms with Gasteiger partial charge in [0.05, 0.1) is 0 Å². The van der Waals surface area contributed by atoms with Crippen molar-refractivity contribution in [2.24, 2.45) is 0 Å². The highest BCUT2D eigenvalue weighted by atomic mass is 16.3. The van der Waals surface area contributed by atoms with Crippen LogP contribution in [0.5, 0.6) is 0 Å². The molecular formula is C6H15NO2. The molecule has 0 spiro atoms. The van der Waals surface area contributed by atoms with Crippen LogP contribution in [0.4, 0.5) is 0 Å². The highest BCUT2D eigenvalue weighted by Crippen LogP contribution is 1.87. The van der Waals surface area contributed by atoms with Gasteiger partial charge < -0.3 is 10.2 Å². The summed E-state index contributed by atoms with van der Waals surface area (Å²) in [6.45, 7) is 3.92. The minimum absolute atomic E-state index is 0.0287. The number of rotatable bonds is 4. The quantitative estimate of drug-likeness (QED) is 0.461. The summed E-state index contributed by atoms with van der Waals surface area (Å²) in [6.07, 6.45) is -0.159. The van der Waals surface area contributed by atoms with Crippen molar-refractivity contribution < 1.29 is 10.2 Å². The van der Waals surface area contributed by atoms with E-state index in [1.54, 1.807) is 0 Å². The van der Waals surface area contributed by atoms with E-state index in [-0.39, 0.29) is 12.6 Å². The molecule has 0 aromatic heterocycles. The highest BCUT2D eigenvalue weighted by molar-refractivity contribution is 4.56. The molecule has 0 aromatic carbocycles. The van der Waals surface area contributed by atoms with E-state index in [0.29, 0.717) is 6.42 Å². The van der Waals surface area contributed by atoms with Crippen molar-refractivity contribution in [3.05, 3.63) is 0 Å². The molecule has 0 saturated carbocycles. The van der Waals surface area contributed by atoms with E-state index >= 15 is 0 Å². The zero-order chi connectivity index (χ0) is 7.28. The van der Waals surface area contributed by atoms with Crippen molar-refractivity contribution in [1.29, 1.82) is 0 Å². The van der Waals surface area contributed by atoms with E-state index in [1.807, 2.05) is 13.8 Å². The fourth-order valence-corrected chi connectivity index (χ4v) is 0.590. The largest absolute Gasteiger partial charge is 0.396 e. The maximum atomic E-state index is 8.95. The van der Waals surface area contributed by atoms with Crippen LogP contribution >= 0.6 is 0 Å². The molecule has 0 radical (unpaired) electrons. The van der Waals surface area contributed by atoms with Crippen LogP contribution in [0.25, 0.3) is 0 Å². The van der Waals surface area contributed by atoms with Gasteiger partial charge in [-0.3, -0.25) is 5.32 Å². The molecule has 0 heterocycles. The average Bonchev–Trinajstić information content (AvgIpc) is 1.63. The predicted molar refractivity (Wildman–Crippen MR) is 36.0 cm³/mol. The van der Waals surface area contributed by atoms with Crippen LogP contribution in [-0.4, -0.2) is 29.1 Å². The van der Waals surface area contributed by atoms with E-state index < -0.39 is 6.23 Å². The second-order valence-corrected chi connectivity index (χ2v) is 2.35. The molecule has 0 aliphatic carbocycles. The first kappa shape index (κ1) is 8.88. The van der Waals surface area contributed by atoms with Gasteiger partial charge in [-0.2, -0.15) is 0 Å². The lowest BCUT2D eigenvalue weighted by atomic mass is 10.3. The van der Waals surface area contributed by atoms with Gasteiger partial charge in [0, 0.05) is 19.1 Å². The molecule has 0 aromatic rings. The molecule has 0 amide bonds. The van der Waals surface area contributed by atoms with E-state index in [1.165, 1.54) is 0 Å². The number of hydrogen-bond donors (Lipinski definition) is 3. The molecule has 1 atom stereocenters. The second kappa shape index (κ2) is 4.73. The highest BCUT2D eigenvalue weighted by Gasteiger charge is 2.02. The Balaban J connectivity index is 3.15. The molecular weight excluding hydrogens is 118 g/mol. The fourth-order valence-electron chi connectivity index (χ4n) is 0.590. The summed E-state index contributed by atoms with van der Waals surface area (Å²) in [5.74, 6) is 0. The van der Waals surface area contributed by atoms with E-state index in [9.17, 15) is 0 Å². The molecule has 1 unspecified atom stereocenters. The van der Waals surface area contributed by atoms with Gasteiger partial charge >= 0.3 is 0 Å². The minimum Gasteiger partial charge on any atom is -0.396 e. The zero-order valence-electron chi connectivity index (χ0n) is 5.96. The maximum absolute atomic E-state index is 8.95. The van der Waals surface area contributed by atoms with Crippen molar-refractivity contribution in [3.8, 4) is 0 Å². The summed E-state index contributed by atoms with van der Waals surface area (Å²) in [7, 11) is 0. The molecule has 0 rings (SSSR count). The number of aliphatic hydroxyl groups excluding tert-OH is 2. The van der Waals surface area contributed by atoms with Crippen LogP contribution < -0.4 is 5.32 Å². The first-order chi connectivity index (χ1) is 4.16. The van der Waals surface area contributed by atoms with Gasteiger partial charge in [0.15, 0.2) is 0 Å². The van der Waals surface area contributed by atoms with Crippen LogP contribution in [0.1, 0.15) is 20.3 Å². The van der Waals surface area contributed by atoms with Crippen LogP contribution in [0.2, 0.25) is 0 Å². The fraction of sp³-hybridized carbons (Fsp3) is 1.00. The van der Waals surface area contributed by atoms with Gasteiger partial charge in [-0.05, 0) is 13.8 Å². The van der Waals surface area contributed by atoms with Crippen LogP contribution in [0.15, 0.2) is 0 Å². The lowest BCUT2D eigenvalue weighted by Gasteiger charge is -2.13. The third kappa shape index (κ3) is 5.76. The van der Waals surface area contributed by atoms with Crippen molar-refractivity contribution in [3.63, 3.8) is 0 Å². The molecule has 3 nitrogen and oxygen atoms in total. The van der Waals surface area contributed by atoms with Gasteiger partial charge in [-0.25, -0.2) is 0 Å². The number of nitrogens with one attached hydrogen (secondary N) is 1. The minimum atomic E-state index is -0.560. The van der Waals surface area contributed by atoms with Crippen LogP contribution in [-0.2, 0) is 0 Å². The zero-order valence-corrected chi connectivity index (χ0v) is 5.96. The van der Waals surface area contributed by atoms with Gasteiger partial charge in [0.1, 0.15) is 6.23 Å². The standard InChI is InChI=1S/C6H15NO2/c1-5(2)7-6(9)3-4-8/h5-9H,3-4H2,1-2H3. The van der Waals surface area contributed by atoms with Crippen molar-refractivity contribution in [1.82, 2.24) is 5.32 Å². The SMILES string of the molecule is CC(C)NC(O)CCO. The first-order valence-electron chi connectivity index (χ1n) is 3.21. The van der Waals surface area contributed by atoms with Crippen molar-refractivity contribution in [2.45, 2.75) is 32.5 Å². The van der Waals surface area contributed by atoms with Crippen molar-refractivity contribution >= 4 is 0 Å². The van der Waals surface area contributed by atoms with E-state index in [2.05, 4.69) is 5.32 Å². The third-order valence-corrected chi connectivity index (χ3v) is 0.928. The Kier molecular flexibility index (Phi) is 4.67. The number of aliphatic hydroxyl groups is 2. The number of hydrogen-bond acceptors (Lipinski definition) is 3. The summed E-state index contributed by atoms with van der Waals surface area (Å²) in [6, 6.07) is 0.270. The summed E-state index contributed by atoms with van der Waals surface area (Å²) >= 11 is 0. The average molecular weight is 133 g/mol. The molecule has 0 saturated heterocycles. The Hall–Kier alpha value is -0.120. The summed E-state index contributed by atoms with van der Waals surface area (Å²) in [4.78, 5) is 0. The van der Waals surface area contributed by atoms with Gasteiger partial charge in [0.2, 0.25) is 0 Å². The topological polar surface area (TPSA) is 52.5 Å². The van der Waals surface area contributed by atoms with Gasteiger partial charge in [-0.15, -0.1) is 0 Å². The third-order valence-electron chi connectivity index (χ3n) is 0.928. The van der Waals surface area contributed by atoms with E-state index in [4.69, 9.17) is 10.2 Å². The summed E-state index contributed by atoms with van der Waals surface area (Å²) in [5, 5.41) is 20.1. The Bertz CT molecular complexity index is 66.1. The van der Waals surface area contributed by atoms with Crippen LogP contribution in [0.3, 0.4) is 0 Å². The van der Waals surface area contributed by atoms with E-state index in [0.717, 1.165) is 0 Å². The Morgan fingerprint density at radius 1 is 1.44 bits per heavy atom. The normalized spacial score (nSPS) is 14.3. The Labute approximate surface area is 55.7 Å². The molecule has 3 N–H and O–H groups in total.